The average molecular weight is 234 g/mol. The summed E-state index contributed by atoms with van der Waals surface area (Å²) >= 11 is 5.30. The van der Waals surface area contributed by atoms with Crippen LogP contribution in [0.5, 0.6) is 0 Å². The monoisotopic (exact) mass is 234 g/mol. The van der Waals surface area contributed by atoms with Crippen LogP contribution in [0.2, 0.25) is 0 Å². The van der Waals surface area contributed by atoms with Crippen LogP contribution >= 0.6 is 46.2 Å². The lowest BCUT2D eigenvalue weighted by Crippen LogP contribution is -1.80. The Hall–Kier alpha value is -0.0400. The van der Waals surface area contributed by atoms with Gasteiger partial charge in [-0.05, 0) is 5.41 Å². The summed E-state index contributed by atoms with van der Waals surface area (Å²) in [4.78, 5) is 22.0. The molecule has 0 N–H and O–H groups in total. The molecular weight excluding hydrogens is 232 g/mol. The summed E-state index contributed by atoms with van der Waals surface area (Å²) in [5.74, 6) is 0. The topological polar surface area (TPSA) is 34.1 Å². The van der Waals surface area contributed by atoms with Crippen molar-refractivity contribution in [2.45, 2.75) is 8.42 Å². The Kier molecular flexibility index (Phi) is 2.40. The smallest absolute Gasteiger partial charge is 0.289 e. The maximum Gasteiger partial charge on any atom is 0.289 e. The number of carbonyl (C=O) groups is 1. The van der Waals surface area contributed by atoms with E-state index >= 15 is 0 Å². The van der Waals surface area contributed by atoms with Crippen molar-refractivity contribution in [1.29, 1.82) is 0 Å². The molecule has 2 heterocycles. The van der Waals surface area contributed by atoms with Gasteiger partial charge in [0.2, 0.25) is 0 Å². The van der Waals surface area contributed by atoms with Crippen molar-refractivity contribution < 1.29 is 4.79 Å². The number of carbonyl (C=O) groups excluding carboxylic acids is 1. The van der Waals surface area contributed by atoms with E-state index in [1.165, 1.54) is 46.2 Å². The van der Waals surface area contributed by atoms with Gasteiger partial charge in [0, 0.05) is 0 Å². The number of fused-ring (bicyclic) bond motifs is 1. The van der Waals surface area contributed by atoms with Gasteiger partial charge in [-0.25, -0.2) is 0 Å². The van der Waals surface area contributed by atoms with E-state index in [4.69, 9.17) is 0 Å². The zero-order chi connectivity index (χ0) is 8.55. The first-order chi connectivity index (χ1) is 5.79. The van der Waals surface area contributed by atoms with Gasteiger partial charge in [0.05, 0.1) is 13.3 Å². The molecule has 0 aliphatic carbocycles. The summed E-state index contributed by atoms with van der Waals surface area (Å²) in [6, 6.07) is 0. The Balaban J connectivity index is 2.41. The highest BCUT2D eigenvalue weighted by Crippen LogP contribution is 2.44. The molecule has 0 spiro atoms. The zero-order valence-corrected chi connectivity index (χ0v) is 8.87. The molecule has 12 heavy (non-hydrogen) atoms. The first kappa shape index (κ1) is 8.55. The second-order valence-corrected chi connectivity index (χ2v) is 6.59. The molecule has 1 aromatic rings. The number of aldehydes is 1. The van der Waals surface area contributed by atoms with Crippen LogP contribution in [0.1, 0.15) is 0 Å². The van der Waals surface area contributed by atoms with Gasteiger partial charge in [-0.15, -0.1) is 0 Å². The van der Waals surface area contributed by atoms with E-state index in [-0.39, 0.29) is 4.06 Å². The molecule has 2 rings (SSSR count). The molecule has 1 aliphatic heterocycles. The lowest BCUT2D eigenvalue weighted by atomic mass is 10.7. The maximum atomic E-state index is 11.0. The Morgan fingerprint density at radius 3 is 2.75 bits per heavy atom. The number of thioether (sulfide) groups is 2. The molecular formula is C6H2O2S4. The van der Waals surface area contributed by atoms with Crippen molar-refractivity contribution in [3.63, 3.8) is 0 Å². The molecule has 0 unspecified atom stereocenters. The highest BCUT2D eigenvalue weighted by molar-refractivity contribution is 8.11. The highest BCUT2D eigenvalue weighted by atomic mass is 32.2. The Bertz CT molecular complexity index is 400. The van der Waals surface area contributed by atoms with Crippen molar-refractivity contribution in [3.05, 3.63) is 19.2 Å². The van der Waals surface area contributed by atoms with Gasteiger partial charge >= 0.3 is 0 Å². The Morgan fingerprint density at radius 2 is 2.00 bits per heavy atom. The third kappa shape index (κ3) is 1.52. The van der Waals surface area contributed by atoms with E-state index in [0.717, 1.165) is 14.7 Å². The summed E-state index contributed by atoms with van der Waals surface area (Å²) in [7, 11) is 0. The molecule has 0 bridgehead atoms. The van der Waals surface area contributed by atoms with Crippen molar-refractivity contribution in [3.8, 4) is 0 Å². The SMILES string of the molecule is O=CC1=CSc2sc(=O)sc2S1. The van der Waals surface area contributed by atoms with Crippen molar-refractivity contribution in [2.75, 3.05) is 0 Å². The summed E-state index contributed by atoms with van der Waals surface area (Å²) < 4.78 is 2.07. The van der Waals surface area contributed by atoms with Gasteiger partial charge in [-0.3, -0.25) is 9.59 Å². The van der Waals surface area contributed by atoms with Crippen LogP contribution in [0.15, 0.2) is 23.5 Å². The number of allylic oxidation sites excluding steroid dienone is 1. The lowest BCUT2D eigenvalue weighted by molar-refractivity contribution is -0.104. The van der Waals surface area contributed by atoms with E-state index in [9.17, 15) is 9.59 Å². The van der Waals surface area contributed by atoms with Gasteiger partial charge in [-0.2, -0.15) is 0 Å². The number of rotatable bonds is 1. The van der Waals surface area contributed by atoms with Gasteiger partial charge < -0.3 is 0 Å². The molecule has 0 atom stereocenters. The van der Waals surface area contributed by atoms with E-state index in [0.29, 0.717) is 4.91 Å². The Labute approximate surface area is 84.7 Å². The average Bonchev–Trinajstić information content (AvgIpc) is 2.43. The molecule has 2 nitrogen and oxygen atoms in total. The van der Waals surface area contributed by atoms with Gasteiger partial charge in [0.15, 0.2) is 6.29 Å². The van der Waals surface area contributed by atoms with Gasteiger partial charge in [-0.1, -0.05) is 46.2 Å². The van der Waals surface area contributed by atoms with Crippen LogP contribution in [-0.2, 0) is 4.79 Å². The van der Waals surface area contributed by atoms with Crippen LogP contribution < -0.4 is 4.06 Å². The van der Waals surface area contributed by atoms with Crippen LogP contribution in [0.4, 0.5) is 0 Å². The third-order valence-corrected chi connectivity index (χ3v) is 6.07. The molecule has 1 aromatic heterocycles. The predicted molar refractivity (Wildman–Crippen MR) is 54.3 cm³/mol. The van der Waals surface area contributed by atoms with Gasteiger partial charge in [0.1, 0.15) is 0 Å². The summed E-state index contributed by atoms with van der Waals surface area (Å²) in [5, 5.41) is 1.78. The van der Waals surface area contributed by atoms with E-state index in [1.54, 1.807) is 5.41 Å². The first-order valence-electron chi connectivity index (χ1n) is 2.93. The van der Waals surface area contributed by atoms with E-state index in [1.807, 2.05) is 0 Å². The summed E-state index contributed by atoms with van der Waals surface area (Å²) in [5.41, 5.74) is 0. The van der Waals surface area contributed by atoms with E-state index in [2.05, 4.69) is 0 Å². The molecule has 0 fully saturated rings. The molecule has 0 aromatic carbocycles. The van der Waals surface area contributed by atoms with Crippen molar-refractivity contribution in [2.24, 2.45) is 0 Å². The summed E-state index contributed by atoms with van der Waals surface area (Å²) in [6.45, 7) is 0. The fourth-order valence-corrected chi connectivity index (χ4v) is 5.48. The largest absolute Gasteiger partial charge is 0.297 e. The third-order valence-electron chi connectivity index (χ3n) is 1.13. The van der Waals surface area contributed by atoms with Crippen LogP contribution in [-0.4, -0.2) is 6.29 Å². The minimum atomic E-state index is 0.0977. The van der Waals surface area contributed by atoms with Crippen molar-refractivity contribution in [1.82, 2.24) is 0 Å². The zero-order valence-electron chi connectivity index (χ0n) is 5.60. The van der Waals surface area contributed by atoms with Gasteiger partial charge in [0.25, 0.3) is 4.06 Å². The summed E-state index contributed by atoms with van der Waals surface area (Å²) in [6.07, 6.45) is 0.815. The second kappa shape index (κ2) is 3.37. The van der Waals surface area contributed by atoms with Crippen LogP contribution in [0, 0.1) is 0 Å². The highest BCUT2D eigenvalue weighted by Gasteiger charge is 2.15. The van der Waals surface area contributed by atoms with Crippen molar-refractivity contribution >= 4 is 52.5 Å². The van der Waals surface area contributed by atoms with Crippen LogP contribution in [0.3, 0.4) is 0 Å². The first-order valence-corrected chi connectivity index (χ1v) is 6.26. The van der Waals surface area contributed by atoms with E-state index < -0.39 is 0 Å². The standard InChI is InChI=1S/C6H2O2S4/c7-1-3-2-9-4-5(10-3)12-6(8)11-4/h1-2H. The van der Waals surface area contributed by atoms with Crippen LogP contribution in [0.25, 0.3) is 0 Å². The fraction of sp³-hybridized carbons (Fsp3) is 0. The minimum Gasteiger partial charge on any atom is -0.297 e. The molecule has 1 aliphatic rings. The normalized spacial score (nSPS) is 15.2. The molecule has 6 heteroatoms. The molecule has 0 saturated heterocycles. The molecule has 62 valence electrons. The predicted octanol–water partition coefficient (Wildman–Crippen LogP) is 2.41. The lowest BCUT2D eigenvalue weighted by Gasteiger charge is -2.04. The molecule has 0 amide bonds. The quantitative estimate of drug-likeness (QED) is 0.699. The number of hydrogen-bond acceptors (Lipinski definition) is 6. The number of hydrogen-bond donors (Lipinski definition) is 0. The second-order valence-electron chi connectivity index (χ2n) is 1.89. The molecule has 0 saturated carbocycles. The Morgan fingerprint density at radius 1 is 1.25 bits per heavy atom. The molecule has 0 radical (unpaired) electrons. The minimum absolute atomic E-state index is 0.0977. The fourth-order valence-electron chi connectivity index (χ4n) is 0.685. The maximum absolute atomic E-state index is 11.0.